The van der Waals surface area contributed by atoms with Gasteiger partial charge in [0.25, 0.3) is 0 Å². The summed E-state index contributed by atoms with van der Waals surface area (Å²) < 4.78 is 0. The first-order valence-corrected chi connectivity index (χ1v) is 23.0. The van der Waals surface area contributed by atoms with Crippen LogP contribution in [-0.4, -0.2) is 108 Å². The summed E-state index contributed by atoms with van der Waals surface area (Å²) in [6, 6.07) is 12.0. The number of carbonyl (C=O) groups is 3. The number of aliphatic carboxylic acids is 1. The summed E-state index contributed by atoms with van der Waals surface area (Å²) in [6.07, 6.45) is 12.0. The monoisotopic (exact) mass is 882 g/mol. The van der Waals surface area contributed by atoms with Crippen LogP contribution >= 0.6 is 0 Å². The second-order valence-electron chi connectivity index (χ2n) is 18.8. The smallest absolute Gasteiger partial charge is 0.328 e. The number of hydrogen-bond donors (Lipinski definition) is 11. The maximum Gasteiger partial charge on any atom is 0.328 e. The number of aliphatic hydroxyl groups is 5. The lowest BCUT2D eigenvalue weighted by molar-refractivity contribution is -0.131. The van der Waals surface area contributed by atoms with E-state index in [4.69, 9.17) is 16.5 Å². The Kier molecular flexibility index (Phi) is 15.4. The lowest BCUT2D eigenvalue weighted by Crippen LogP contribution is -2.60. The van der Waals surface area contributed by atoms with E-state index >= 15 is 0 Å². The minimum atomic E-state index is -1.46. The van der Waals surface area contributed by atoms with Crippen LogP contribution in [0.15, 0.2) is 77.5 Å². The number of nitrogens with one attached hydrogen (secondary N) is 3. The number of aldehydes is 2. The molecule has 3 aromatic rings. The predicted octanol–water partition coefficient (Wildman–Crippen LogP) is 3.72. The topological polar surface area (TPSA) is 277 Å². The molecule has 346 valence electrons. The molecule has 1 aromatic heterocycles. The summed E-state index contributed by atoms with van der Waals surface area (Å²) in [5.74, 6) is -0.645. The zero-order chi connectivity index (χ0) is 45.5. The Morgan fingerprint density at radius 2 is 1.77 bits per heavy atom. The van der Waals surface area contributed by atoms with Gasteiger partial charge in [-0.2, -0.15) is 0 Å². The molecule has 4 aliphatic rings. The van der Waals surface area contributed by atoms with Crippen molar-refractivity contribution in [3.8, 4) is 0 Å². The van der Waals surface area contributed by atoms with E-state index in [1.807, 2.05) is 18.2 Å². The maximum atomic E-state index is 12.8. The molecule has 0 spiro atoms. The SMILES string of the molecule is NC1=NC(C(=CC(=O)O)C(CC2C3C=CC(CCC(N)CCC(C=O)CCC(O)O)C2c2cc4cc(CC=O)ccc4cc2C3)Nc2ccc[nH]2)CC(C(O)C(O)C2(O)CCCC2)N1. The van der Waals surface area contributed by atoms with Crippen molar-refractivity contribution < 1.29 is 45.0 Å². The average molecular weight is 883 g/mol. The van der Waals surface area contributed by atoms with Gasteiger partial charge in [0.05, 0.1) is 23.7 Å². The number of aromatic nitrogens is 1. The molecule has 3 aliphatic carbocycles. The predicted molar refractivity (Wildman–Crippen MR) is 244 cm³/mol. The maximum absolute atomic E-state index is 12.8. The number of nitrogens with zero attached hydrogens (tertiary/aromatic N) is 1. The zero-order valence-corrected chi connectivity index (χ0v) is 36.3. The van der Waals surface area contributed by atoms with E-state index in [2.05, 4.69) is 52.0 Å². The Morgan fingerprint density at radius 3 is 2.47 bits per heavy atom. The third-order valence-corrected chi connectivity index (χ3v) is 14.5. The van der Waals surface area contributed by atoms with Crippen LogP contribution in [0.2, 0.25) is 0 Å². The summed E-state index contributed by atoms with van der Waals surface area (Å²) in [5, 5.41) is 71.9. The minimum absolute atomic E-state index is 0.00340. The first-order chi connectivity index (χ1) is 30.7. The molecule has 0 radical (unpaired) electrons. The van der Waals surface area contributed by atoms with Gasteiger partial charge in [0.15, 0.2) is 12.2 Å². The molecule has 1 aliphatic heterocycles. The fourth-order valence-electron chi connectivity index (χ4n) is 11.1. The van der Waals surface area contributed by atoms with Crippen LogP contribution in [0.5, 0.6) is 0 Å². The van der Waals surface area contributed by atoms with Gasteiger partial charge < -0.3 is 67.3 Å². The number of nitrogens with two attached hydrogens (primary N) is 2. The van der Waals surface area contributed by atoms with Gasteiger partial charge in [-0.15, -0.1) is 0 Å². The van der Waals surface area contributed by atoms with Gasteiger partial charge in [-0.05, 0) is 139 Å². The summed E-state index contributed by atoms with van der Waals surface area (Å²) in [4.78, 5) is 44.0. The van der Waals surface area contributed by atoms with Crippen molar-refractivity contribution in [3.05, 3.63) is 89.2 Å². The summed E-state index contributed by atoms with van der Waals surface area (Å²) in [7, 11) is 0. The van der Waals surface area contributed by atoms with Gasteiger partial charge in [0, 0.05) is 30.7 Å². The van der Waals surface area contributed by atoms with Crippen LogP contribution in [0.3, 0.4) is 0 Å². The van der Waals surface area contributed by atoms with Crippen molar-refractivity contribution in [3.63, 3.8) is 0 Å². The van der Waals surface area contributed by atoms with E-state index in [0.29, 0.717) is 62.8 Å². The van der Waals surface area contributed by atoms with E-state index < -0.39 is 48.2 Å². The number of rotatable bonds is 22. The van der Waals surface area contributed by atoms with Gasteiger partial charge >= 0.3 is 5.97 Å². The number of H-pyrrole nitrogens is 1. The van der Waals surface area contributed by atoms with E-state index in [9.17, 15) is 45.0 Å². The molecule has 1 fully saturated rings. The Labute approximate surface area is 374 Å². The molecular weight excluding hydrogens is 817 g/mol. The number of benzene rings is 2. The van der Waals surface area contributed by atoms with Gasteiger partial charge in [-0.1, -0.05) is 55.3 Å². The molecule has 15 heteroatoms. The Bertz CT molecular complexity index is 2170. The molecule has 0 saturated heterocycles. The third-order valence-electron chi connectivity index (χ3n) is 14.5. The summed E-state index contributed by atoms with van der Waals surface area (Å²) in [5.41, 5.74) is 15.5. The number of hydrogen-bond acceptors (Lipinski definition) is 13. The second kappa shape index (κ2) is 20.9. The molecule has 0 amide bonds. The van der Waals surface area contributed by atoms with Crippen molar-refractivity contribution in [2.45, 2.75) is 144 Å². The summed E-state index contributed by atoms with van der Waals surface area (Å²) >= 11 is 0. The molecule has 64 heavy (non-hydrogen) atoms. The molecule has 11 unspecified atom stereocenters. The number of fused-ring (bicyclic) bond motifs is 5. The van der Waals surface area contributed by atoms with Crippen LogP contribution < -0.4 is 22.1 Å². The molecule has 15 nitrogen and oxygen atoms in total. The number of aliphatic hydroxyl groups excluding tert-OH is 3. The highest BCUT2D eigenvalue weighted by atomic mass is 16.5. The quantitative estimate of drug-likeness (QED) is 0.0298. The van der Waals surface area contributed by atoms with Crippen LogP contribution in [-0.2, 0) is 27.2 Å². The number of allylic oxidation sites excluding steroid dienone is 2. The Hall–Kier alpha value is -4.90. The number of guanidine groups is 1. The average Bonchev–Trinajstić information content (AvgIpc) is 3.96. The molecular formula is C49H66N6O9. The molecule has 2 bridgehead atoms. The lowest BCUT2D eigenvalue weighted by atomic mass is 9.58. The van der Waals surface area contributed by atoms with Gasteiger partial charge in [-0.3, -0.25) is 0 Å². The van der Waals surface area contributed by atoms with Gasteiger partial charge in [-0.25, -0.2) is 9.79 Å². The molecule has 11 atom stereocenters. The number of aliphatic imine (C=N–C) groups is 1. The molecule has 2 heterocycles. The highest BCUT2D eigenvalue weighted by Gasteiger charge is 2.47. The second-order valence-corrected chi connectivity index (χ2v) is 18.8. The van der Waals surface area contributed by atoms with Crippen LogP contribution in [0.4, 0.5) is 5.82 Å². The van der Waals surface area contributed by atoms with E-state index in [1.54, 1.807) is 6.20 Å². The normalized spacial score (nSPS) is 26.3. The van der Waals surface area contributed by atoms with Crippen LogP contribution in [0.1, 0.15) is 99.7 Å². The third kappa shape index (κ3) is 11.1. The fourth-order valence-corrected chi connectivity index (χ4v) is 11.1. The van der Waals surface area contributed by atoms with Crippen molar-refractivity contribution in [1.29, 1.82) is 0 Å². The standard InChI is InChI=1S/C49H66N6O9/c50-35(12-6-29(27-57)7-14-43(58)59)13-11-30-9-10-32-22-34-21-31-8-5-28(15-19-56)20-33(31)23-36(34)45(30)37(32)24-39(53-42-4-3-18-52-42)38(25-44(60)61)40-26-41(55-48(51)54-40)46(62)47(63)49(64)16-1-2-17-49/h3-5,8-10,18-21,23,25,27,29-30,32,35,37,39-41,43,45-47,52-53,58-59,62-64H,1-2,6-7,11-17,22,24,26,50H2,(H,60,61)(H3,51,54,55). The molecule has 13 N–H and O–H groups in total. The molecule has 7 rings (SSSR count). The van der Waals surface area contributed by atoms with Gasteiger partial charge in [0.1, 0.15) is 30.6 Å². The van der Waals surface area contributed by atoms with E-state index in [0.717, 1.165) is 54.6 Å². The zero-order valence-electron chi connectivity index (χ0n) is 36.3. The first-order valence-electron chi connectivity index (χ1n) is 23.0. The van der Waals surface area contributed by atoms with Crippen molar-refractivity contribution in [1.82, 2.24) is 10.3 Å². The highest BCUT2D eigenvalue weighted by molar-refractivity contribution is 5.86. The van der Waals surface area contributed by atoms with Crippen LogP contribution in [0.25, 0.3) is 10.8 Å². The van der Waals surface area contributed by atoms with E-state index in [1.165, 1.54) is 17.2 Å². The molecule has 1 saturated carbocycles. The molecule has 2 aromatic carbocycles. The number of carbonyl (C=O) groups excluding carboxylic acids is 2. The van der Waals surface area contributed by atoms with Gasteiger partial charge in [0.2, 0.25) is 0 Å². The number of carboxylic acids is 1. The largest absolute Gasteiger partial charge is 0.478 e. The first kappa shape index (κ1) is 47.1. The lowest BCUT2D eigenvalue weighted by Gasteiger charge is -2.47. The number of anilines is 1. The summed E-state index contributed by atoms with van der Waals surface area (Å²) in [6.45, 7) is 0. The van der Waals surface area contributed by atoms with Crippen molar-refractivity contribution >= 4 is 41.1 Å². The highest BCUT2D eigenvalue weighted by Crippen LogP contribution is 2.53. The fraction of sp³-hybridized carbons (Fsp3) is 0.551. The van der Waals surface area contributed by atoms with Crippen molar-refractivity contribution in [2.75, 3.05) is 5.32 Å². The van der Waals surface area contributed by atoms with Crippen molar-refractivity contribution in [2.24, 2.45) is 40.1 Å². The number of carboxylic acid groups (broad SMARTS) is 1. The van der Waals surface area contributed by atoms with E-state index in [-0.39, 0.29) is 54.4 Å². The van der Waals surface area contributed by atoms with Crippen LogP contribution in [0, 0.1) is 23.7 Å². The number of aromatic amines is 1. The Balaban J connectivity index is 1.22. The minimum Gasteiger partial charge on any atom is -0.478 e. The Morgan fingerprint density at radius 1 is 0.984 bits per heavy atom.